The number of ether oxygens (including phenoxy) is 1. The van der Waals surface area contributed by atoms with Crippen LogP contribution in [-0.2, 0) is 0 Å². The molecule has 2 nitrogen and oxygen atoms in total. The summed E-state index contributed by atoms with van der Waals surface area (Å²) in [5.41, 5.74) is 0.116. The molecule has 0 unspecified atom stereocenters. The first-order valence-electron chi connectivity index (χ1n) is 4.46. The van der Waals surface area contributed by atoms with Crippen molar-refractivity contribution in [2.75, 3.05) is 6.61 Å². The van der Waals surface area contributed by atoms with Gasteiger partial charge in [0.2, 0.25) is 0 Å². The fraction of sp³-hybridized carbons (Fsp3) is 0.400. The van der Waals surface area contributed by atoms with E-state index in [1.807, 2.05) is 0 Å². The average molecular weight is 238 g/mol. The minimum Gasteiger partial charge on any atom is -0.484 e. The lowest BCUT2D eigenvalue weighted by atomic mass is 10.1. The molecule has 90 valence electrons. The van der Waals surface area contributed by atoms with Crippen LogP contribution in [0.1, 0.15) is 18.6 Å². The summed E-state index contributed by atoms with van der Waals surface area (Å²) in [6.07, 6.45) is -5.52. The molecule has 0 spiro atoms. The summed E-state index contributed by atoms with van der Waals surface area (Å²) in [6.45, 7) is -0.163. The zero-order valence-electron chi connectivity index (χ0n) is 8.38. The fourth-order valence-corrected chi connectivity index (χ4v) is 1.14. The summed E-state index contributed by atoms with van der Waals surface area (Å²) in [4.78, 5) is 0. The molecule has 0 bridgehead atoms. The predicted octanol–water partition coefficient (Wildman–Crippen LogP) is 2.82. The molecule has 16 heavy (non-hydrogen) atoms. The van der Waals surface area contributed by atoms with Gasteiger partial charge in [-0.3, -0.25) is 0 Å². The van der Waals surface area contributed by atoms with E-state index in [1.54, 1.807) is 0 Å². The van der Waals surface area contributed by atoms with Gasteiger partial charge in [-0.1, -0.05) is 0 Å². The van der Waals surface area contributed by atoms with Crippen molar-refractivity contribution in [2.45, 2.75) is 19.2 Å². The zero-order chi connectivity index (χ0) is 12.3. The summed E-state index contributed by atoms with van der Waals surface area (Å²) < 4.78 is 52.9. The molecule has 1 aromatic carbocycles. The second-order valence-electron chi connectivity index (χ2n) is 3.26. The molecule has 0 aliphatic rings. The van der Waals surface area contributed by atoms with Gasteiger partial charge in [-0.05, 0) is 19.1 Å². The molecule has 0 saturated heterocycles. The van der Waals surface area contributed by atoms with Gasteiger partial charge in [0, 0.05) is 11.6 Å². The lowest BCUT2D eigenvalue weighted by Gasteiger charge is -2.14. The summed E-state index contributed by atoms with van der Waals surface area (Å²) in [5, 5.41) is 9.24. The first-order chi connectivity index (χ1) is 7.29. The minimum atomic E-state index is -4.50. The van der Waals surface area contributed by atoms with E-state index in [2.05, 4.69) is 4.74 Å². The molecular formula is C10H10F4O2. The number of halogens is 4. The van der Waals surface area contributed by atoms with Crippen LogP contribution in [-0.4, -0.2) is 17.9 Å². The van der Waals surface area contributed by atoms with Gasteiger partial charge in [0.05, 0.1) is 6.10 Å². The summed E-state index contributed by atoms with van der Waals surface area (Å²) in [7, 11) is 0. The molecule has 1 rings (SSSR count). The molecule has 1 aromatic rings. The van der Waals surface area contributed by atoms with Gasteiger partial charge >= 0.3 is 6.18 Å². The Morgan fingerprint density at radius 2 is 2.00 bits per heavy atom. The molecule has 0 aliphatic heterocycles. The number of benzene rings is 1. The highest BCUT2D eigenvalue weighted by molar-refractivity contribution is 5.35. The number of alkyl halides is 3. The first-order valence-corrected chi connectivity index (χ1v) is 4.46. The van der Waals surface area contributed by atoms with Crippen molar-refractivity contribution in [1.82, 2.24) is 0 Å². The van der Waals surface area contributed by atoms with Crippen molar-refractivity contribution in [3.63, 3.8) is 0 Å². The smallest absolute Gasteiger partial charge is 0.422 e. The third-order valence-electron chi connectivity index (χ3n) is 1.82. The van der Waals surface area contributed by atoms with Crippen LogP contribution in [0.4, 0.5) is 17.6 Å². The number of aliphatic hydroxyl groups is 1. The Morgan fingerprint density at radius 1 is 1.38 bits per heavy atom. The van der Waals surface area contributed by atoms with Crippen LogP contribution < -0.4 is 4.74 Å². The largest absolute Gasteiger partial charge is 0.484 e. The van der Waals surface area contributed by atoms with E-state index in [-0.39, 0.29) is 11.3 Å². The summed E-state index contributed by atoms with van der Waals surface area (Å²) in [6, 6.07) is 3.04. The maximum atomic E-state index is 12.8. The minimum absolute atomic E-state index is 0.116. The summed E-state index contributed by atoms with van der Waals surface area (Å²) in [5.74, 6) is -1.02. The SMILES string of the molecule is C[C@H](O)c1ccc(F)cc1OCC(F)(F)F. The highest BCUT2D eigenvalue weighted by atomic mass is 19.4. The Morgan fingerprint density at radius 3 is 2.50 bits per heavy atom. The molecular weight excluding hydrogens is 228 g/mol. The molecule has 0 fully saturated rings. The van der Waals surface area contributed by atoms with Crippen molar-refractivity contribution in [3.05, 3.63) is 29.6 Å². The van der Waals surface area contributed by atoms with Crippen LogP contribution in [0.15, 0.2) is 18.2 Å². The Hall–Kier alpha value is -1.30. The highest BCUT2D eigenvalue weighted by Crippen LogP contribution is 2.27. The number of hydrogen-bond acceptors (Lipinski definition) is 2. The number of rotatable bonds is 3. The van der Waals surface area contributed by atoms with Gasteiger partial charge < -0.3 is 9.84 Å². The van der Waals surface area contributed by atoms with Gasteiger partial charge in [-0.15, -0.1) is 0 Å². The van der Waals surface area contributed by atoms with Crippen LogP contribution in [0, 0.1) is 5.82 Å². The standard InChI is InChI=1S/C10H10F4O2/c1-6(15)8-3-2-7(11)4-9(8)16-5-10(12,13)14/h2-4,6,15H,5H2,1H3/t6-/m0/s1. The van der Waals surface area contributed by atoms with Crippen LogP contribution in [0.2, 0.25) is 0 Å². The quantitative estimate of drug-likeness (QED) is 0.820. The van der Waals surface area contributed by atoms with Crippen molar-refractivity contribution >= 4 is 0 Å². The molecule has 6 heteroatoms. The second kappa shape index (κ2) is 4.69. The normalized spacial score (nSPS) is 13.6. The molecule has 0 aliphatic carbocycles. The molecule has 0 radical (unpaired) electrons. The molecule has 0 heterocycles. The Balaban J connectivity index is 2.88. The van der Waals surface area contributed by atoms with Crippen LogP contribution in [0.25, 0.3) is 0 Å². The van der Waals surface area contributed by atoms with Gasteiger partial charge in [-0.25, -0.2) is 4.39 Å². The van der Waals surface area contributed by atoms with E-state index in [9.17, 15) is 22.7 Å². The first kappa shape index (κ1) is 12.8. The van der Waals surface area contributed by atoms with Crippen molar-refractivity contribution in [2.24, 2.45) is 0 Å². The van der Waals surface area contributed by atoms with E-state index in [0.717, 1.165) is 12.1 Å². The van der Waals surface area contributed by atoms with Crippen molar-refractivity contribution in [1.29, 1.82) is 0 Å². The van der Waals surface area contributed by atoms with Crippen molar-refractivity contribution in [3.8, 4) is 5.75 Å². The molecule has 0 amide bonds. The fourth-order valence-electron chi connectivity index (χ4n) is 1.14. The van der Waals surface area contributed by atoms with Crippen LogP contribution >= 0.6 is 0 Å². The van der Waals surface area contributed by atoms with E-state index in [4.69, 9.17) is 0 Å². The maximum absolute atomic E-state index is 12.8. The Kier molecular flexibility index (Phi) is 3.74. The highest BCUT2D eigenvalue weighted by Gasteiger charge is 2.29. The second-order valence-corrected chi connectivity index (χ2v) is 3.26. The van der Waals surface area contributed by atoms with Gasteiger partial charge in [-0.2, -0.15) is 13.2 Å². The number of aliphatic hydroxyl groups excluding tert-OH is 1. The lowest BCUT2D eigenvalue weighted by Crippen LogP contribution is -2.20. The van der Waals surface area contributed by atoms with E-state index in [0.29, 0.717) is 0 Å². The van der Waals surface area contributed by atoms with Crippen LogP contribution in [0.5, 0.6) is 5.75 Å². The van der Waals surface area contributed by atoms with E-state index in [1.165, 1.54) is 13.0 Å². The predicted molar refractivity (Wildman–Crippen MR) is 48.6 cm³/mol. The monoisotopic (exact) mass is 238 g/mol. The van der Waals surface area contributed by atoms with Gasteiger partial charge in [0.25, 0.3) is 0 Å². The van der Waals surface area contributed by atoms with Crippen LogP contribution in [0.3, 0.4) is 0 Å². The summed E-state index contributed by atoms with van der Waals surface area (Å²) >= 11 is 0. The molecule has 1 N–H and O–H groups in total. The van der Waals surface area contributed by atoms with Crippen molar-refractivity contribution < 1.29 is 27.4 Å². The third kappa shape index (κ3) is 3.69. The van der Waals surface area contributed by atoms with Gasteiger partial charge in [0.15, 0.2) is 6.61 Å². The van der Waals surface area contributed by atoms with Gasteiger partial charge in [0.1, 0.15) is 11.6 Å². The van der Waals surface area contributed by atoms with E-state index >= 15 is 0 Å². The Labute approximate surface area is 89.5 Å². The molecule has 0 saturated carbocycles. The molecule has 1 atom stereocenters. The zero-order valence-corrected chi connectivity index (χ0v) is 8.38. The van der Waals surface area contributed by atoms with E-state index < -0.39 is 24.7 Å². The lowest BCUT2D eigenvalue weighted by molar-refractivity contribution is -0.153. The third-order valence-corrected chi connectivity index (χ3v) is 1.82. The Bertz CT molecular complexity index is 360. The maximum Gasteiger partial charge on any atom is 0.422 e. The number of hydrogen-bond donors (Lipinski definition) is 1. The average Bonchev–Trinajstić information content (AvgIpc) is 2.13. The molecule has 0 aromatic heterocycles. The topological polar surface area (TPSA) is 29.5 Å².